The van der Waals surface area contributed by atoms with E-state index in [1.807, 2.05) is 21.9 Å². The van der Waals surface area contributed by atoms with Crippen LogP contribution in [-0.4, -0.2) is 45.5 Å². The van der Waals surface area contributed by atoms with Gasteiger partial charge in [0.2, 0.25) is 0 Å². The first-order valence-electron chi connectivity index (χ1n) is 8.23. The summed E-state index contributed by atoms with van der Waals surface area (Å²) >= 11 is 0. The Morgan fingerprint density at radius 1 is 1.04 bits per heavy atom. The Kier molecular flexibility index (Phi) is 4.07. The molecule has 3 aromatic rings. The van der Waals surface area contributed by atoms with E-state index in [4.69, 9.17) is 5.26 Å². The highest BCUT2D eigenvalue weighted by Gasteiger charge is 2.34. The summed E-state index contributed by atoms with van der Waals surface area (Å²) < 4.78 is 40.2. The molecule has 0 amide bonds. The van der Waals surface area contributed by atoms with Gasteiger partial charge in [0.1, 0.15) is 17.6 Å². The standard InChI is InChI=1S/C17H14F3N7/c18-17(19,20)13-11-27-5-4-22-15(16(27)24-13)26-8-6-25(7-9-26)14-3-1-2-12(10-21)23-14/h1-5,11H,6-9H2. The number of hydrogen-bond acceptors (Lipinski definition) is 6. The van der Waals surface area contributed by atoms with Crippen molar-refractivity contribution >= 4 is 17.3 Å². The van der Waals surface area contributed by atoms with Crippen molar-refractivity contribution in [3.05, 3.63) is 48.2 Å². The minimum atomic E-state index is -4.50. The van der Waals surface area contributed by atoms with Gasteiger partial charge < -0.3 is 14.2 Å². The molecule has 4 rings (SSSR count). The quantitative estimate of drug-likeness (QED) is 0.687. The van der Waals surface area contributed by atoms with E-state index in [0.29, 0.717) is 43.5 Å². The maximum Gasteiger partial charge on any atom is 0.434 e. The number of rotatable bonds is 2. The molecule has 0 aliphatic carbocycles. The minimum Gasteiger partial charge on any atom is -0.353 e. The lowest BCUT2D eigenvalue weighted by atomic mass is 10.3. The molecule has 3 aromatic heterocycles. The van der Waals surface area contributed by atoms with Crippen LogP contribution in [0, 0.1) is 11.3 Å². The van der Waals surface area contributed by atoms with Crippen molar-refractivity contribution in [3.8, 4) is 6.07 Å². The third kappa shape index (κ3) is 3.23. The fraction of sp³-hybridized carbons (Fsp3) is 0.294. The zero-order valence-corrected chi connectivity index (χ0v) is 14.1. The zero-order chi connectivity index (χ0) is 19.0. The van der Waals surface area contributed by atoms with E-state index in [2.05, 4.69) is 15.0 Å². The number of aromatic nitrogens is 4. The second-order valence-corrected chi connectivity index (χ2v) is 6.07. The van der Waals surface area contributed by atoms with Gasteiger partial charge in [-0.15, -0.1) is 0 Å². The van der Waals surface area contributed by atoms with E-state index in [9.17, 15) is 13.2 Å². The molecule has 0 bridgehead atoms. The number of fused-ring (bicyclic) bond motifs is 1. The monoisotopic (exact) mass is 373 g/mol. The predicted molar refractivity (Wildman–Crippen MR) is 91.4 cm³/mol. The number of imidazole rings is 1. The largest absolute Gasteiger partial charge is 0.434 e. The van der Waals surface area contributed by atoms with Gasteiger partial charge in [0.05, 0.1) is 0 Å². The van der Waals surface area contributed by atoms with Gasteiger partial charge in [0, 0.05) is 44.8 Å². The lowest BCUT2D eigenvalue weighted by molar-refractivity contribution is -0.140. The van der Waals surface area contributed by atoms with Crippen molar-refractivity contribution in [3.63, 3.8) is 0 Å². The van der Waals surface area contributed by atoms with Crippen molar-refractivity contribution in [2.75, 3.05) is 36.0 Å². The summed E-state index contributed by atoms with van der Waals surface area (Å²) in [6.45, 7) is 2.33. The summed E-state index contributed by atoms with van der Waals surface area (Å²) in [4.78, 5) is 16.2. The normalized spacial score (nSPS) is 15.2. The zero-order valence-electron chi connectivity index (χ0n) is 14.1. The number of anilines is 2. The fourth-order valence-electron chi connectivity index (χ4n) is 3.07. The van der Waals surface area contributed by atoms with Gasteiger partial charge in [-0.2, -0.15) is 18.4 Å². The number of piperazine rings is 1. The Morgan fingerprint density at radius 3 is 2.48 bits per heavy atom. The molecule has 0 unspecified atom stereocenters. The van der Waals surface area contributed by atoms with Crippen LogP contribution in [0.3, 0.4) is 0 Å². The first-order valence-corrected chi connectivity index (χ1v) is 8.23. The number of pyridine rings is 1. The number of nitriles is 1. The second-order valence-electron chi connectivity index (χ2n) is 6.07. The summed E-state index contributed by atoms with van der Waals surface area (Å²) in [5, 5.41) is 8.97. The topological polar surface area (TPSA) is 73.4 Å². The van der Waals surface area contributed by atoms with Gasteiger partial charge in [0.25, 0.3) is 0 Å². The van der Waals surface area contributed by atoms with Crippen LogP contribution >= 0.6 is 0 Å². The average molecular weight is 373 g/mol. The van der Waals surface area contributed by atoms with Crippen molar-refractivity contribution in [1.82, 2.24) is 19.4 Å². The Morgan fingerprint density at radius 2 is 1.78 bits per heavy atom. The third-order valence-corrected chi connectivity index (χ3v) is 4.40. The molecule has 10 heteroatoms. The maximum absolute atomic E-state index is 13.0. The number of hydrogen-bond donors (Lipinski definition) is 0. The van der Waals surface area contributed by atoms with E-state index in [0.717, 1.165) is 6.20 Å². The van der Waals surface area contributed by atoms with Crippen LogP contribution in [0.25, 0.3) is 5.65 Å². The summed E-state index contributed by atoms with van der Waals surface area (Å²) in [6.07, 6.45) is -0.614. The van der Waals surface area contributed by atoms with Crippen LogP contribution < -0.4 is 9.80 Å². The molecule has 0 spiro atoms. The molecular formula is C17H14F3N7. The Hall–Kier alpha value is -3.35. The molecule has 0 aromatic carbocycles. The van der Waals surface area contributed by atoms with Gasteiger partial charge in [-0.3, -0.25) is 0 Å². The summed E-state index contributed by atoms with van der Waals surface area (Å²) in [6, 6.07) is 7.26. The predicted octanol–water partition coefficient (Wildman–Crippen LogP) is 2.34. The highest BCUT2D eigenvalue weighted by molar-refractivity contribution is 5.65. The van der Waals surface area contributed by atoms with Crippen LogP contribution in [0.4, 0.5) is 24.8 Å². The first kappa shape index (κ1) is 17.1. The molecule has 7 nitrogen and oxygen atoms in total. The highest BCUT2D eigenvalue weighted by Crippen LogP contribution is 2.30. The molecule has 138 valence electrons. The smallest absolute Gasteiger partial charge is 0.353 e. The molecule has 1 fully saturated rings. The van der Waals surface area contributed by atoms with Crippen LogP contribution in [0.15, 0.2) is 36.8 Å². The van der Waals surface area contributed by atoms with E-state index in [-0.39, 0.29) is 5.65 Å². The van der Waals surface area contributed by atoms with Crippen LogP contribution in [-0.2, 0) is 6.18 Å². The van der Waals surface area contributed by atoms with Crippen molar-refractivity contribution in [1.29, 1.82) is 5.26 Å². The van der Waals surface area contributed by atoms with Crippen molar-refractivity contribution in [2.45, 2.75) is 6.18 Å². The van der Waals surface area contributed by atoms with Gasteiger partial charge in [0.15, 0.2) is 17.2 Å². The Bertz CT molecular complexity index is 1010. The van der Waals surface area contributed by atoms with E-state index < -0.39 is 11.9 Å². The maximum atomic E-state index is 13.0. The molecule has 0 radical (unpaired) electrons. The first-order chi connectivity index (χ1) is 13.0. The highest BCUT2D eigenvalue weighted by atomic mass is 19.4. The van der Waals surface area contributed by atoms with Gasteiger partial charge in [-0.05, 0) is 12.1 Å². The lowest BCUT2D eigenvalue weighted by Crippen LogP contribution is -2.47. The Balaban J connectivity index is 1.56. The van der Waals surface area contributed by atoms with E-state index in [1.54, 1.807) is 12.1 Å². The van der Waals surface area contributed by atoms with Gasteiger partial charge in [-0.25, -0.2) is 15.0 Å². The fourth-order valence-corrected chi connectivity index (χ4v) is 3.07. The van der Waals surface area contributed by atoms with E-state index in [1.165, 1.54) is 16.8 Å². The minimum absolute atomic E-state index is 0.183. The SMILES string of the molecule is N#Cc1cccc(N2CCN(c3nccn4cc(C(F)(F)F)nc34)CC2)n1. The molecular weight excluding hydrogens is 359 g/mol. The molecule has 27 heavy (non-hydrogen) atoms. The third-order valence-electron chi connectivity index (χ3n) is 4.40. The van der Waals surface area contributed by atoms with Crippen molar-refractivity contribution < 1.29 is 13.2 Å². The molecule has 0 N–H and O–H groups in total. The van der Waals surface area contributed by atoms with Gasteiger partial charge >= 0.3 is 6.18 Å². The Labute approximate surface area is 152 Å². The molecule has 1 saturated heterocycles. The molecule has 1 aliphatic rings. The van der Waals surface area contributed by atoms with Crippen LogP contribution in [0.2, 0.25) is 0 Å². The van der Waals surface area contributed by atoms with Crippen LogP contribution in [0.5, 0.6) is 0 Å². The van der Waals surface area contributed by atoms with Crippen LogP contribution in [0.1, 0.15) is 11.4 Å². The molecule has 4 heterocycles. The molecule has 1 aliphatic heterocycles. The van der Waals surface area contributed by atoms with Gasteiger partial charge in [-0.1, -0.05) is 6.07 Å². The number of nitrogens with zero attached hydrogens (tertiary/aromatic N) is 7. The van der Waals surface area contributed by atoms with E-state index >= 15 is 0 Å². The number of halogens is 3. The molecule has 0 atom stereocenters. The second kappa shape index (κ2) is 6.42. The average Bonchev–Trinajstić information content (AvgIpc) is 3.13. The summed E-state index contributed by atoms with van der Waals surface area (Å²) in [7, 11) is 0. The summed E-state index contributed by atoms with van der Waals surface area (Å²) in [5.41, 5.74) is -0.408. The molecule has 0 saturated carbocycles. The lowest BCUT2D eigenvalue weighted by Gasteiger charge is -2.36. The number of alkyl halides is 3. The summed E-state index contributed by atoms with van der Waals surface area (Å²) in [5.74, 6) is 1.13. The van der Waals surface area contributed by atoms with Crippen molar-refractivity contribution in [2.24, 2.45) is 0 Å².